The molecule has 18 heavy (non-hydrogen) atoms. The van der Waals surface area contributed by atoms with Gasteiger partial charge in [0.2, 0.25) is 11.0 Å². The normalized spacial score (nSPS) is 23.6. The van der Waals surface area contributed by atoms with Crippen LogP contribution in [0.4, 0.5) is 5.13 Å². The van der Waals surface area contributed by atoms with E-state index in [4.69, 9.17) is 0 Å². The van der Waals surface area contributed by atoms with Crippen LogP contribution in [0.25, 0.3) is 0 Å². The molecule has 1 fully saturated rings. The van der Waals surface area contributed by atoms with Gasteiger partial charge in [-0.1, -0.05) is 24.2 Å². The van der Waals surface area contributed by atoms with Gasteiger partial charge in [0.15, 0.2) is 0 Å². The number of hydrogen-bond acceptors (Lipinski definition) is 6. The summed E-state index contributed by atoms with van der Waals surface area (Å²) in [5.74, 6) is -2.64. The summed E-state index contributed by atoms with van der Waals surface area (Å²) in [6.07, 6.45) is 2.80. The molecular formula is C11H14N3O3S-. The van der Waals surface area contributed by atoms with E-state index >= 15 is 0 Å². The first-order chi connectivity index (χ1) is 8.58. The third-order valence-electron chi connectivity index (χ3n) is 3.16. The molecule has 98 valence electrons. The van der Waals surface area contributed by atoms with Crippen molar-refractivity contribution in [2.24, 2.45) is 11.8 Å². The van der Waals surface area contributed by atoms with Crippen molar-refractivity contribution in [3.63, 3.8) is 0 Å². The maximum atomic E-state index is 12.0. The van der Waals surface area contributed by atoms with Gasteiger partial charge >= 0.3 is 0 Å². The van der Waals surface area contributed by atoms with Crippen LogP contribution < -0.4 is 10.4 Å². The number of rotatable bonds is 3. The lowest BCUT2D eigenvalue weighted by atomic mass is 9.79. The zero-order valence-electron chi connectivity index (χ0n) is 10.0. The molecule has 2 atom stereocenters. The maximum Gasteiger partial charge on any atom is 0.229 e. The Morgan fingerprint density at radius 2 is 1.94 bits per heavy atom. The van der Waals surface area contributed by atoms with Crippen molar-refractivity contribution in [2.45, 2.75) is 32.6 Å². The van der Waals surface area contributed by atoms with Crippen LogP contribution in [-0.4, -0.2) is 22.1 Å². The predicted octanol–water partition coefficient (Wildman–Crippen LogP) is 0.341. The zero-order valence-corrected chi connectivity index (χ0v) is 10.8. The first kappa shape index (κ1) is 12.9. The van der Waals surface area contributed by atoms with E-state index < -0.39 is 17.8 Å². The SMILES string of the molecule is Cc1nnc(NC(=O)[C@H]2CCCC[C@@H]2C(=O)[O-])s1. The van der Waals surface area contributed by atoms with E-state index in [1.165, 1.54) is 11.3 Å². The smallest absolute Gasteiger partial charge is 0.229 e. The molecule has 1 saturated carbocycles. The third kappa shape index (κ3) is 2.84. The summed E-state index contributed by atoms with van der Waals surface area (Å²) in [5, 5.41) is 22.4. The van der Waals surface area contributed by atoms with Crippen molar-refractivity contribution in [1.82, 2.24) is 10.2 Å². The molecule has 0 aromatic carbocycles. The first-order valence-corrected chi connectivity index (χ1v) is 6.71. The quantitative estimate of drug-likeness (QED) is 0.853. The minimum absolute atomic E-state index is 0.292. The predicted molar refractivity (Wildman–Crippen MR) is 63.7 cm³/mol. The average Bonchev–Trinajstić information content (AvgIpc) is 2.74. The second kappa shape index (κ2) is 5.43. The molecular weight excluding hydrogens is 254 g/mol. The lowest BCUT2D eigenvalue weighted by Crippen LogP contribution is -2.42. The fourth-order valence-electron chi connectivity index (χ4n) is 2.27. The van der Waals surface area contributed by atoms with Crippen molar-refractivity contribution in [1.29, 1.82) is 0 Å². The van der Waals surface area contributed by atoms with E-state index in [0.29, 0.717) is 18.0 Å². The third-order valence-corrected chi connectivity index (χ3v) is 3.92. The summed E-state index contributed by atoms with van der Waals surface area (Å²) in [6, 6.07) is 0. The fourth-order valence-corrected chi connectivity index (χ4v) is 2.87. The molecule has 1 aromatic rings. The van der Waals surface area contributed by atoms with E-state index in [9.17, 15) is 14.7 Å². The Labute approximate surface area is 108 Å². The Bertz CT molecular complexity index is 460. The van der Waals surface area contributed by atoms with Gasteiger partial charge in [-0.2, -0.15) is 0 Å². The Balaban J connectivity index is 2.04. The molecule has 1 amide bonds. The largest absolute Gasteiger partial charge is 0.550 e. The molecule has 1 aliphatic carbocycles. The first-order valence-electron chi connectivity index (χ1n) is 5.90. The average molecular weight is 268 g/mol. The Morgan fingerprint density at radius 1 is 1.28 bits per heavy atom. The summed E-state index contributed by atoms with van der Waals surface area (Å²) >= 11 is 1.27. The van der Waals surface area contributed by atoms with Gasteiger partial charge in [-0.15, -0.1) is 10.2 Å². The second-order valence-corrected chi connectivity index (χ2v) is 5.61. The summed E-state index contributed by atoms with van der Waals surface area (Å²) in [4.78, 5) is 23.0. The van der Waals surface area contributed by atoms with Crippen LogP contribution in [0, 0.1) is 18.8 Å². The number of aliphatic carboxylic acids is 1. The van der Waals surface area contributed by atoms with E-state index in [2.05, 4.69) is 15.5 Å². The van der Waals surface area contributed by atoms with Crippen LogP contribution in [0.15, 0.2) is 0 Å². The van der Waals surface area contributed by atoms with Crippen LogP contribution >= 0.6 is 11.3 Å². The van der Waals surface area contributed by atoms with Crippen LogP contribution in [0.3, 0.4) is 0 Å². The molecule has 1 aliphatic rings. The molecule has 0 aliphatic heterocycles. The van der Waals surface area contributed by atoms with Gasteiger partial charge in [0, 0.05) is 17.8 Å². The zero-order chi connectivity index (χ0) is 13.1. The van der Waals surface area contributed by atoms with Crippen molar-refractivity contribution in [2.75, 3.05) is 5.32 Å². The number of nitrogens with one attached hydrogen (secondary N) is 1. The fraction of sp³-hybridized carbons (Fsp3) is 0.636. The summed E-state index contributed by atoms with van der Waals surface area (Å²) in [6.45, 7) is 1.79. The number of carbonyl (C=O) groups excluding carboxylic acids is 2. The second-order valence-electron chi connectivity index (χ2n) is 4.43. The molecule has 6 nitrogen and oxygen atoms in total. The number of carboxylic acids is 1. The highest BCUT2D eigenvalue weighted by molar-refractivity contribution is 7.15. The van der Waals surface area contributed by atoms with E-state index in [0.717, 1.165) is 17.8 Å². The monoisotopic (exact) mass is 268 g/mol. The van der Waals surface area contributed by atoms with Gasteiger partial charge in [-0.3, -0.25) is 4.79 Å². The summed E-state index contributed by atoms with van der Waals surface area (Å²) in [7, 11) is 0. The van der Waals surface area contributed by atoms with Gasteiger partial charge in [-0.25, -0.2) is 0 Å². The lowest BCUT2D eigenvalue weighted by molar-refractivity contribution is -0.313. The van der Waals surface area contributed by atoms with Gasteiger partial charge < -0.3 is 15.2 Å². The van der Waals surface area contributed by atoms with E-state index in [-0.39, 0.29) is 5.91 Å². The molecule has 0 spiro atoms. The molecule has 0 bridgehead atoms. The van der Waals surface area contributed by atoms with Gasteiger partial charge in [-0.05, 0) is 19.8 Å². The molecule has 1 N–H and O–H groups in total. The van der Waals surface area contributed by atoms with E-state index in [1.807, 2.05) is 0 Å². The molecule has 1 aromatic heterocycles. The van der Waals surface area contributed by atoms with Gasteiger partial charge in [0.25, 0.3) is 0 Å². The minimum Gasteiger partial charge on any atom is -0.550 e. The van der Waals surface area contributed by atoms with Crippen LogP contribution in [0.2, 0.25) is 0 Å². The number of carbonyl (C=O) groups is 2. The Kier molecular flexibility index (Phi) is 3.90. The van der Waals surface area contributed by atoms with Crippen LogP contribution in [-0.2, 0) is 9.59 Å². The highest BCUT2D eigenvalue weighted by atomic mass is 32.1. The van der Waals surface area contributed by atoms with Gasteiger partial charge in [0.1, 0.15) is 5.01 Å². The van der Waals surface area contributed by atoms with Crippen molar-refractivity contribution < 1.29 is 14.7 Å². The van der Waals surface area contributed by atoms with Crippen LogP contribution in [0.5, 0.6) is 0 Å². The number of carboxylic acid groups (broad SMARTS) is 1. The van der Waals surface area contributed by atoms with Crippen molar-refractivity contribution in [3.05, 3.63) is 5.01 Å². The van der Waals surface area contributed by atoms with Crippen LogP contribution in [0.1, 0.15) is 30.7 Å². The summed E-state index contributed by atoms with van der Waals surface area (Å²) in [5.41, 5.74) is 0. The highest BCUT2D eigenvalue weighted by Crippen LogP contribution is 2.31. The molecule has 0 saturated heterocycles. The highest BCUT2D eigenvalue weighted by Gasteiger charge is 2.32. The molecule has 1 heterocycles. The number of anilines is 1. The topological polar surface area (TPSA) is 95.0 Å². The maximum absolute atomic E-state index is 12.0. The Morgan fingerprint density at radius 3 is 2.50 bits per heavy atom. The summed E-state index contributed by atoms with van der Waals surface area (Å²) < 4.78 is 0. The molecule has 2 rings (SSSR count). The molecule has 0 unspecified atom stereocenters. The molecule has 0 radical (unpaired) electrons. The van der Waals surface area contributed by atoms with E-state index in [1.54, 1.807) is 6.92 Å². The number of aryl methyl sites for hydroxylation is 1. The molecule has 7 heteroatoms. The Hall–Kier alpha value is -1.50. The van der Waals surface area contributed by atoms with Crippen molar-refractivity contribution >= 4 is 28.3 Å². The minimum atomic E-state index is -1.14. The number of hydrogen-bond donors (Lipinski definition) is 1. The van der Waals surface area contributed by atoms with Crippen molar-refractivity contribution in [3.8, 4) is 0 Å². The van der Waals surface area contributed by atoms with Gasteiger partial charge in [0.05, 0.1) is 0 Å². The lowest BCUT2D eigenvalue weighted by Gasteiger charge is -2.30. The number of nitrogens with zero attached hydrogens (tertiary/aromatic N) is 2. The standard InChI is InChI=1S/C11H15N3O3S/c1-6-13-14-11(18-6)12-9(15)7-4-2-3-5-8(7)10(16)17/h7-8H,2-5H2,1H3,(H,16,17)(H,12,14,15)/p-1/t7-,8-/m0/s1. The number of aromatic nitrogens is 2. The number of amides is 1.